The van der Waals surface area contributed by atoms with Gasteiger partial charge in [-0.25, -0.2) is 13.8 Å². The number of aromatic nitrogens is 2. The number of nitrogens with two attached hydrogens (primary N) is 1. The van der Waals surface area contributed by atoms with E-state index in [2.05, 4.69) is 4.98 Å². The van der Waals surface area contributed by atoms with Gasteiger partial charge >= 0.3 is 0 Å². The maximum Gasteiger partial charge on any atom is 0.201 e. The summed E-state index contributed by atoms with van der Waals surface area (Å²) in [5, 5.41) is 0. The van der Waals surface area contributed by atoms with Crippen molar-refractivity contribution < 1.29 is 18.3 Å². The molecule has 1 aromatic heterocycles. The smallest absolute Gasteiger partial charge is 0.201 e. The van der Waals surface area contributed by atoms with E-state index in [9.17, 15) is 8.78 Å². The number of rotatable bonds is 8. The SMILES string of the molecule is COCCOCCCCn1c(N)nc2c(F)cc(F)cc21. The average molecular weight is 299 g/mol. The Morgan fingerprint density at radius 2 is 2.00 bits per heavy atom. The number of benzene rings is 1. The van der Waals surface area contributed by atoms with E-state index in [-0.39, 0.29) is 11.5 Å². The molecule has 0 aliphatic heterocycles. The second-order valence-electron chi connectivity index (χ2n) is 4.69. The summed E-state index contributed by atoms with van der Waals surface area (Å²) in [6, 6.07) is 2.06. The highest BCUT2D eigenvalue weighted by molar-refractivity contribution is 5.79. The standard InChI is InChI=1S/C14H19F2N3O2/c1-20-6-7-21-5-3-2-4-19-12-9-10(15)8-11(16)13(12)18-14(19)17/h8-9H,2-7H2,1H3,(H2,17,18). The monoisotopic (exact) mass is 299 g/mol. The van der Waals surface area contributed by atoms with Crippen LogP contribution in [0.5, 0.6) is 0 Å². The quantitative estimate of drug-likeness (QED) is 0.760. The van der Waals surface area contributed by atoms with Crippen molar-refractivity contribution in [2.24, 2.45) is 0 Å². The van der Waals surface area contributed by atoms with E-state index in [1.54, 1.807) is 11.7 Å². The van der Waals surface area contributed by atoms with Gasteiger partial charge in [-0.3, -0.25) is 0 Å². The van der Waals surface area contributed by atoms with Gasteiger partial charge in [0.05, 0.1) is 18.7 Å². The number of halogens is 2. The molecule has 0 aliphatic rings. The van der Waals surface area contributed by atoms with E-state index in [1.165, 1.54) is 6.07 Å². The first kappa shape index (κ1) is 15.7. The Kier molecular flexibility index (Phi) is 5.46. The first-order valence-corrected chi connectivity index (χ1v) is 6.81. The van der Waals surface area contributed by atoms with Crippen molar-refractivity contribution in [2.75, 3.05) is 32.7 Å². The Morgan fingerprint density at radius 3 is 2.76 bits per heavy atom. The van der Waals surface area contributed by atoms with Gasteiger partial charge in [0.15, 0.2) is 5.82 Å². The minimum absolute atomic E-state index is 0.102. The first-order valence-electron chi connectivity index (χ1n) is 6.81. The number of hydrogen-bond acceptors (Lipinski definition) is 4. The molecule has 0 radical (unpaired) electrons. The molecule has 5 nitrogen and oxygen atoms in total. The van der Waals surface area contributed by atoms with Crippen LogP contribution in [0, 0.1) is 11.6 Å². The number of methoxy groups -OCH3 is 1. The number of fused-ring (bicyclic) bond motifs is 1. The minimum atomic E-state index is -0.696. The van der Waals surface area contributed by atoms with Crippen molar-refractivity contribution >= 4 is 17.0 Å². The van der Waals surface area contributed by atoms with Crippen molar-refractivity contribution in [3.05, 3.63) is 23.8 Å². The Morgan fingerprint density at radius 1 is 1.19 bits per heavy atom. The summed E-state index contributed by atoms with van der Waals surface area (Å²) in [4.78, 5) is 3.94. The van der Waals surface area contributed by atoms with E-state index in [4.69, 9.17) is 15.2 Å². The van der Waals surface area contributed by atoms with Crippen LogP contribution in [0.1, 0.15) is 12.8 Å². The summed E-state index contributed by atoms with van der Waals surface area (Å²) < 4.78 is 38.7. The highest BCUT2D eigenvalue weighted by Crippen LogP contribution is 2.22. The van der Waals surface area contributed by atoms with Crippen LogP contribution in [-0.2, 0) is 16.0 Å². The normalized spacial score (nSPS) is 11.4. The van der Waals surface area contributed by atoms with Gasteiger partial charge in [-0.05, 0) is 12.8 Å². The number of unbranched alkanes of at least 4 members (excludes halogenated alkanes) is 1. The van der Waals surface area contributed by atoms with Crippen LogP contribution in [-0.4, -0.2) is 36.5 Å². The highest BCUT2D eigenvalue weighted by Gasteiger charge is 2.13. The molecule has 2 N–H and O–H groups in total. The molecule has 0 aliphatic carbocycles. The van der Waals surface area contributed by atoms with Gasteiger partial charge in [-0.15, -0.1) is 0 Å². The first-order chi connectivity index (χ1) is 10.1. The lowest BCUT2D eigenvalue weighted by Crippen LogP contribution is -2.06. The van der Waals surface area contributed by atoms with Crippen molar-refractivity contribution in [2.45, 2.75) is 19.4 Å². The molecular formula is C14H19F2N3O2. The van der Waals surface area contributed by atoms with E-state index < -0.39 is 11.6 Å². The molecule has 21 heavy (non-hydrogen) atoms. The largest absolute Gasteiger partial charge is 0.382 e. The van der Waals surface area contributed by atoms with E-state index >= 15 is 0 Å². The molecule has 0 unspecified atom stereocenters. The Hall–Kier alpha value is -1.73. The van der Waals surface area contributed by atoms with E-state index in [0.29, 0.717) is 31.9 Å². The van der Waals surface area contributed by atoms with E-state index in [1.807, 2.05) is 0 Å². The Balaban J connectivity index is 1.94. The molecule has 0 atom stereocenters. The number of aryl methyl sites for hydroxylation is 1. The molecule has 1 aromatic carbocycles. The molecule has 0 saturated carbocycles. The fourth-order valence-electron chi connectivity index (χ4n) is 2.12. The highest BCUT2D eigenvalue weighted by atomic mass is 19.1. The maximum atomic E-state index is 13.6. The number of nitrogens with zero attached hydrogens (tertiary/aromatic N) is 2. The van der Waals surface area contributed by atoms with E-state index in [0.717, 1.165) is 18.9 Å². The molecule has 0 saturated heterocycles. The van der Waals surface area contributed by atoms with Gasteiger partial charge in [0.1, 0.15) is 11.3 Å². The fourth-order valence-corrected chi connectivity index (χ4v) is 2.12. The van der Waals surface area contributed by atoms with Gasteiger partial charge in [-0.1, -0.05) is 0 Å². The van der Waals surface area contributed by atoms with Crippen LogP contribution < -0.4 is 5.73 Å². The van der Waals surface area contributed by atoms with Crippen molar-refractivity contribution in [3.8, 4) is 0 Å². The summed E-state index contributed by atoms with van der Waals surface area (Å²) in [6.07, 6.45) is 1.60. The summed E-state index contributed by atoms with van der Waals surface area (Å²) >= 11 is 0. The zero-order valence-corrected chi connectivity index (χ0v) is 11.9. The third-order valence-corrected chi connectivity index (χ3v) is 3.15. The van der Waals surface area contributed by atoms with Gasteiger partial charge in [0, 0.05) is 32.4 Å². The van der Waals surface area contributed by atoms with Gasteiger partial charge in [0.2, 0.25) is 5.95 Å². The van der Waals surface area contributed by atoms with Gasteiger partial charge in [-0.2, -0.15) is 0 Å². The molecular weight excluding hydrogens is 280 g/mol. The lowest BCUT2D eigenvalue weighted by atomic mass is 10.2. The topological polar surface area (TPSA) is 62.3 Å². The summed E-state index contributed by atoms with van der Waals surface area (Å²) in [5.41, 5.74) is 6.25. The number of nitrogen functional groups attached to an aromatic ring is 1. The predicted molar refractivity (Wildman–Crippen MR) is 76.0 cm³/mol. The van der Waals surface area contributed by atoms with Crippen LogP contribution in [0.25, 0.3) is 11.0 Å². The van der Waals surface area contributed by atoms with Crippen molar-refractivity contribution in [3.63, 3.8) is 0 Å². The van der Waals surface area contributed by atoms with Crippen molar-refractivity contribution in [1.82, 2.24) is 9.55 Å². The molecule has 116 valence electrons. The van der Waals surface area contributed by atoms with Gasteiger partial charge < -0.3 is 19.8 Å². The summed E-state index contributed by atoms with van der Waals surface area (Å²) in [6.45, 7) is 2.28. The second kappa shape index (κ2) is 7.33. The molecule has 0 fully saturated rings. The number of anilines is 1. The molecule has 1 heterocycles. The Labute approximate surface area is 121 Å². The molecule has 0 bridgehead atoms. The second-order valence-corrected chi connectivity index (χ2v) is 4.69. The summed E-state index contributed by atoms with van der Waals surface area (Å²) in [7, 11) is 1.62. The number of hydrogen-bond donors (Lipinski definition) is 1. The van der Waals surface area contributed by atoms with Crippen LogP contribution in [0.15, 0.2) is 12.1 Å². The Bertz CT molecular complexity index is 601. The molecule has 7 heteroatoms. The number of ether oxygens (including phenoxy) is 2. The lowest BCUT2D eigenvalue weighted by Gasteiger charge is -2.07. The number of imidazole rings is 1. The third-order valence-electron chi connectivity index (χ3n) is 3.15. The summed E-state index contributed by atoms with van der Waals surface area (Å²) in [5.74, 6) is -1.14. The zero-order valence-electron chi connectivity index (χ0n) is 11.9. The van der Waals surface area contributed by atoms with Crippen LogP contribution in [0.3, 0.4) is 0 Å². The molecule has 0 spiro atoms. The van der Waals surface area contributed by atoms with Crippen LogP contribution >= 0.6 is 0 Å². The lowest BCUT2D eigenvalue weighted by molar-refractivity contribution is 0.0684. The van der Waals surface area contributed by atoms with Crippen molar-refractivity contribution in [1.29, 1.82) is 0 Å². The molecule has 2 aromatic rings. The van der Waals surface area contributed by atoms with Crippen LogP contribution in [0.4, 0.5) is 14.7 Å². The minimum Gasteiger partial charge on any atom is -0.382 e. The molecule has 2 rings (SSSR count). The predicted octanol–water partition coefficient (Wildman–Crippen LogP) is 2.34. The average Bonchev–Trinajstić information content (AvgIpc) is 2.75. The third kappa shape index (κ3) is 3.89. The maximum absolute atomic E-state index is 13.6. The zero-order chi connectivity index (χ0) is 15.2. The molecule has 0 amide bonds. The van der Waals surface area contributed by atoms with Crippen LogP contribution in [0.2, 0.25) is 0 Å². The fraction of sp³-hybridized carbons (Fsp3) is 0.500. The van der Waals surface area contributed by atoms with Gasteiger partial charge in [0.25, 0.3) is 0 Å².